The molecule has 0 spiro atoms. The maximum absolute atomic E-state index is 13.0. The average Bonchev–Trinajstić information content (AvgIpc) is 2.72. The molecule has 0 aliphatic heterocycles. The Morgan fingerprint density at radius 1 is 1.35 bits per heavy atom. The topological polar surface area (TPSA) is 84.2 Å². The van der Waals surface area contributed by atoms with Crippen LogP contribution in [0.2, 0.25) is 0 Å². The van der Waals surface area contributed by atoms with Gasteiger partial charge in [-0.2, -0.15) is 5.10 Å². The van der Waals surface area contributed by atoms with Crippen LogP contribution in [-0.4, -0.2) is 26.8 Å². The third-order valence-electron chi connectivity index (χ3n) is 2.94. The van der Waals surface area contributed by atoms with Crippen molar-refractivity contribution < 1.29 is 19.1 Å². The van der Waals surface area contributed by atoms with Gasteiger partial charge < -0.3 is 10.4 Å². The second-order valence-corrected chi connectivity index (χ2v) is 4.22. The molecule has 0 fully saturated rings. The van der Waals surface area contributed by atoms with Crippen LogP contribution in [0.3, 0.4) is 0 Å². The van der Waals surface area contributed by atoms with Gasteiger partial charge in [-0.1, -0.05) is 0 Å². The Morgan fingerprint density at radius 2 is 2.05 bits per heavy atom. The standard InChI is InChI=1S/C13H12FN3O3/c1-7-10(6-15-17(7)2)12(18)16-11-4-3-8(14)5-9(11)13(19)20/h3-6H,1-2H3,(H,16,18)(H,19,20). The molecule has 20 heavy (non-hydrogen) atoms. The summed E-state index contributed by atoms with van der Waals surface area (Å²) in [5, 5.41) is 15.4. The molecule has 6 nitrogen and oxygen atoms in total. The van der Waals surface area contributed by atoms with E-state index in [2.05, 4.69) is 10.4 Å². The number of nitrogens with zero attached hydrogens (tertiary/aromatic N) is 2. The van der Waals surface area contributed by atoms with E-state index in [-0.39, 0.29) is 11.3 Å². The summed E-state index contributed by atoms with van der Waals surface area (Å²) in [4.78, 5) is 23.1. The molecule has 0 saturated carbocycles. The Labute approximate surface area is 113 Å². The Balaban J connectivity index is 2.33. The van der Waals surface area contributed by atoms with Crippen molar-refractivity contribution in [2.24, 2.45) is 7.05 Å². The molecule has 0 atom stereocenters. The Hall–Kier alpha value is -2.70. The zero-order valence-electron chi connectivity index (χ0n) is 10.8. The SMILES string of the molecule is Cc1c(C(=O)Nc2ccc(F)cc2C(=O)O)cnn1C. The number of carbonyl (C=O) groups is 2. The number of carboxylic acid groups (broad SMARTS) is 1. The Bertz CT molecular complexity index is 694. The number of carboxylic acids is 1. The van der Waals surface area contributed by atoms with Crippen molar-refractivity contribution in [2.45, 2.75) is 6.92 Å². The van der Waals surface area contributed by atoms with Crippen molar-refractivity contribution in [1.82, 2.24) is 9.78 Å². The van der Waals surface area contributed by atoms with Crippen molar-refractivity contribution in [3.8, 4) is 0 Å². The van der Waals surface area contributed by atoms with Gasteiger partial charge in [0.25, 0.3) is 5.91 Å². The number of aryl methyl sites for hydroxylation is 1. The molecule has 0 bridgehead atoms. The number of anilines is 1. The van der Waals surface area contributed by atoms with Gasteiger partial charge in [-0.05, 0) is 25.1 Å². The van der Waals surface area contributed by atoms with Gasteiger partial charge in [-0.15, -0.1) is 0 Å². The summed E-state index contributed by atoms with van der Waals surface area (Å²) < 4.78 is 14.6. The quantitative estimate of drug-likeness (QED) is 0.896. The van der Waals surface area contributed by atoms with Gasteiger partial charge in [0.15, 0.2) is 0 Å². The fourth-order valence-electron chi connectivity index (χ4n) is 1.71. The molecule has 0 saturated heterocycles. The van der Waals surface area contributed by atoms with E-state index in [0.29, 0.717) is 11.3 Å². The molecule has 2 rings (SSSR count). The van der Waals surface area contributed by atoms with Gasteiger partial charge in [-0.3, -0.25) is 9.48 Å². The smallest absolute Gasteiger partial charge is 0.337 e. The zero-order chi connectivity index (χ0) is 14.9. The molecule has 0 aliphatic carbocycles. The molecule has 0 radical (unpaired) electrons. The third-order valence-corrected chi connectivity index (χ3v) is 2.94. The van der Waals surface area contributed by atoms with Crippen molar-refractivity contribution in [3.63, 3.8) is 0 Å². The maximum atomic E-state index is 13.0. The van der Waals surface area contributed by atoms with Gasteiger partial charge in [0.1, 0.15) is 5.82 Å². The maximum Gasteiger partial charge on any atom is 0.337 e. The highest BCUT2D eigenvalue weighted by Crippen LogP contribution is 2.18. The number of aromatic carboxylic acids is 1. The normalized spacial score (nSPS) is 10.3. The number of benzene rings is 1. The highest BCUT2D eigenvalue weighted by atomic mass is 19.1. The molecule has 1 aromatic heterocycles. The van der Waals surface area contributed by atoms with Crippen LogP contribution in [0.5, 0.6) is 0 Å². The first-order valence-corrected chi connectivity index (χ1v) is 5.73. The number of halogens is 1. The number of hydrogen-bond acceptors (Lipinski definition) is 3. The van der Waals surface area contributed by atoms with E-state index in [1.165, 1.54) is 16.9 Å². The third kappa shape index (κ3) is 2.51. The van der Waals surface area contributed by atoms with Gasteiger partial charge in [-0.25, -0.2) is 9.18 Å². The van der Waals surface area contributed by atoms with Crippen molar-refractivity contribution in [2.75, 3.05) is 5.32 Å². The van der Waals surface area contributed by atoms with Crippen LogP contribution in [0.15, 0.2) is 24.4 Å². The van der Waals surface area contributed by atoms with E-state index in [4.69, 9.17) is 5.11 Å². The number of hydrogen-bond donors (Lipinski definition) is 2. The molecule has 1 amide bonds. The Morgan fingerprint density at radius 3 is 2.60 bits per heavy atom. The lowest BCUT2D eigenvalue weighted by atomic mass is 10.1. The van der Waals surface area contributed by atoms with E-state index >= 15 is 0 Å². The van der Waals surface area contributed by atoms with Gasteiger partial charge in [0, 0.05) is 12.7 Å². The minimum Gasteiger partial charge on any atom is -0.478 e. The molecule has 1 aromatic carbocycles. The van der Waals surface area contributed by atoms with Crippen LogP contribution < -0.4 is 5.32 Å². The first-order chi connectivity index (χ1) is 9.40. The number of aromatic nitrogens is 2. The lowest BCUT2D eigenvalue weighted by Crippen LogP contribution is -2.15. The molecule has 0 unspecified atom stereocenters. The summed E-state index contributed by atoms with van der Waals surface area (Å²) in [6, 6.07) is 3.15. The first-order valence-electron chi connectivity index (χ1n) is 5.73. The van der Waals surface area contributed by atoms with E-state index in [1.54, 1.807) is 14.0 Å². The minimum atomic E-state index is -1.32. The van der Waals surface area contributed by atoms with Crippen molar-refractivity contribution >= 4 is 17.6 Å². The molecule has 104 valence electrons. The van der Waals surface area contributed by atoms with Gasteiger partial charge >= 0.3 is 5.97 Å². The van der Waals surface area contributed by atoms with Gasteiger partial charge in [0.05, 0.1) is 23.0 Å². The summed E-state index contributed by atoms with van der Waals surface area (Å²) in [7, 11) is 1.69. The molecule has 7 heteroatoms. The lowest BCUT2D eigenvalue weighted by molar-refractivity contribution is 0.0697. The van der Waals surface area contributed by atoms with Crippen LogP contribution in [0.4, 0.5) is 10.1 Å². The monoisotopic (exact) mass is 277 g/mol. The van der Waals surface area contributed by atoms with Gasteiger partial charge in [0.2, 0.25) is 0 Å². The molecular weight excluding hydrogens is 265 g/mol. The Kier molecular flexibility index (Phi) is 3.51. The molecule has 2 N–H and O–H groups in total. The molecular formula is C13H12FN3O3. The van der Waals surface area contributed by atoms with Crippen LogP contribution in [-0.2, 0) is 7.05 Å². The number of nitrogens with one attached hydrogen (secondary N) is 1. The van der Waals surface area contributed by atoms with Crippen LogP contribution in [0.25, 0.3) is 0 Å². The highest BCUT2D eigenvalue weighted by molar-refractivity contribution is 6.08. The zero-order valence-corrected chi connectivity index (χ0v) is 10.8. The predicted octanol–water partition coefficient (Wildman–Crippen LogP) is 1.82. The van der Waals surface area contributed by atoms with Crippen LogP contribution in [0, 0.1) is 12.7 Å². The predicted molar refractivity (Wildman–Crippen MR) is 69.3 cm³/mol. The highest BCUT2D eigenvalue weighted by Gasteiger charge is 2.17. The fourth-order valence-corrected chi connectivity index (χ4v) is 1.71. The largest absolute Gasteiger partial charge is 0.478 e. The summed E-state index contributed by atoms with van der Waals surface area (Å²) >= 11 is 0. The van der Waals surface area contributed by atoms with Crippen LogP contribution in [0.1, 0.15) is 26.4 Å². The summed E-state index contributed by atoms with van der Waals surface area (Å²) in [5.74, 6) is -2.50. The van der Waals surface area contributed by atoms with E-state index in [1.807, 2.05) is 0 Å². The number of carbonyl (C=O) groups excluding carboxylic acids is 1. The summed E-state index contributed by atoms with van der Waals surface area (Å²) in [5.41, 5.74) is 0.696. The van der Waals surface area contributed by atoms with E-state index in [9.17, 15) is 14.0 Å². The molecule has 1 heterocycles. The van der Waals surface area contributed by atoms with E-state index in [0.717, 1.165) is 12.1 Å². The minimum absolute atomic E-state index is 0.0344. The fraction of sp³-hybridized carbons (Fsp3) is 0.154. The van der Waals surface area contributed by atoms with Crippen molar-refractivity contribution in [1.29, 1.82) is 0 Å². The second-order valence-electron chi connectivity index (χ2n) is 4.22. The molecule has 0 aliphatic rings. The van der Waals surface area contributed by atoms with Crippen LogP contribution >= 0.6 is 0 Å². The average molecular weight is 277 g/mol. The van der Waals surface area contributed by atoms with Crippen molar-refractivity contribution in [3.05, 3.63) is 47.0 Å². The number of amides is 1. The number of rotatable bonds is 3. The van der Waals surface area contributed by atoms with E-state index < -0.39 is 17.7 Å². The molecule has 2 aromatic rings. The first kappa shape index (κ1) is 13.7. The lowest BCUT2D eigenvalue weighted by Gasteiger charge is -2.08. The summed E-state index contributed by atoms with van der Waals surface area (Å²) in [6.45, 7) is 1.71. The summed E-state index contributed by atoms with van der Waals surface area (Å²) in [6.07, 6.45) is 1.38. The second kappa shape index (κ2) is 5.12.